The molecule has 2 fully saturated rings. The van der Waals surface area contributed by atoms with Crippen LogP contribution < -0.4 is 4.74 Å². The molecule has 2 aliphatic rings. The Morgan fingerprint density at radius 2 is 1.93 bits per heavy atom. The van der Waals surface area contributed by atoms with Crippen LogP contribution in [0.5, 0.6) is 5.88 Å². The summed E-state index contributed by atoms with van der Waals surface area (Å²) in [6.45, 7) is 3.17. The monoisotopic (exact) mass is 403 g/mol. The van der Waals surface area contributed by atoms with Crippen molar-refractivity contribution < 1.29 is 14.3 Å². The number of methoxy groups -OCH3 is 2. The number of hydrogen-bond acceptors (Lipinski definition) is 6. The molecule has 0 spiro atoms. The number of likely N-dealkylation sites (tertiary alicyclic amines) is 1. The highest BCUT2D eigenvalue weighted by Gasteiger charge is 2.37. The molecule has 7 heteroatoms. The molecule has 3 heterocycles. The molecule has 1 aliphatic carbocycles. The minimum Gasteiger partial charge on any atom is -0.480 e. The quantitative estimate of drug-likeness (QED) is 0.743. The van der Waals surface area contributed by atoms with Gasteiger partial charge < -0.3 is 14.4 Å². The van der Waals surface area contributed by atoms with Crippen molar-refractivity contribution in [2.75, 3.05) is 20.8 Å². The predicted octanol–water partition coefficient (Wildman–Crippen LogP) is 4.34. The lowest BCUT2D eigenvalue weighted by molar-refractivity contribution is 0.0666. The first-order chi connectivity index (χ1) is 13.6. The molecule has 0 aromatic carbocycles. The van der Waals surface area contributed by atoms with E-state index in [1.165, 1.54) is 43.4 Å². The van der Waals surface area contributed by atoms with E-state index in [4.69, 9.17) is 9.47 Å². The fourth-order valence-electron chi connectivity index (χ4n) is 4.87. The van der Waals surface area contributed by atoms with Crippen LogP contribution in [-0.2, 0) is 11.3 Å². The molecule has 1 amide bonds. The summed E-state index contributed by atoms with van der Waals surface area (Å²) in [5, 5.41) is 0.851. The van der Waals surface area contributed by atoms with Crippen molar-refractivity contribution in [3.8, 4) is 5.88 Å². The Kier molecular flexibility index (Phi) is 5.83. The highest BCUT2D eigenvalue weighted by Crippen LogP contribution is 2.39. The highest BCUT2D eigenvalue weighted by molar-refractivity contribution is 7.20. The predicted molar refractivity (Wildman–Crippen MR) is 110 cm³/mol. The summed E-state index contributed by atoms with van der Waals surface area (Å²) in [4.78, 5) is 26.3. The van der Waals surface area contributed by atoms with Crippen molar-refractivity contribution in [2.45, 2.75) is 64.5 Å². The number of nitrogens with zero attached hydrogens (tertiary/aromatic N) is 3. The standard InChI is InChI=1S/C21H29N3O3S/c1-13-17-19(27-3)22-16(12-26-2)23-20(17)28-18(13)21(25)24-11-7-10-15(24)14-8-5-4-6-9-14/h14-15H,4-12H2,1-3H3/t15-/m1/s1. The van der Waals surface area contributed by atoms with Crippen LogP contribution in [-0.4, -0.2) is 47.6 Å². The Morgan fingerprint density at radius 3 is 2.64 bits per heavy atom. The van der Waals surface area contributed by atoms with Crippen LogP contribution in [0.2, 0.25) is 0 Å². The first-order valence-corrected chi connectivity index (χ1v) is 11.1. The van der Waals surface area contributed by atoms with Gasteiger partial charge in [-0.05, 0) is 44.1 Å². The smallest absolute Gasteiger partial charge is 0.264 e. The second-order valence-electron chi connectivity index (χ2n) is 7.92. The van der Waals surface area contributed by atoms with E-state index in [1.54, 1.807) is 14.2 Å². The number of carbonyl (C=O) groups is 1. The van der Waals surface area contributed by atoms with Gasteiger partial charge in [-0.15, -0.1) is 11.3 Å². The summed E-state index contributed by atoms with van der Waals surface area (Å²) in [7, 11) is 3.23. The molecule has 2 aromatic heterocycles. The van der Waals surface area contributed by atoms with Crippen LogP contribution in [0.15, 0.2) is 0 Å². The SMILES string of the molecule is COCc1nc(OC)c2c(C)c(C(=O)N3CCC[C@@H]3C3CCCCC3)sc2n1. The fourth-order valence-corrected chi connectivity index (χ4v) is 6.02. The highest BCUT2D eigenvalue weighted by atomic mass is 32.1. The summed E-state index contributed by atoms with van der Waals surface area (Å²) >= 11 is 1.46. The van der Waals surface area contributed by atoms with Gasteiger partial charge in [0.25, 0.3) is 5.91 Å². The van der Waals surface area contributed by atoms with Gasteiger partial charge in [0.2, 0.25) is 5.88 Å². The van der Waals surface area contributed by atoms with Crippen LogP contribution in [0.3, 0.4) is 0 Å². The van der Waals surface area contributed by atoms with Gasteiger partial charge in [-0.3, -0.25) is 4.79 Å². The van der Waals surface area contributed by atoms with Crippen molar-refractivity contribution in [1.82, 2.24) is 14.9 Å². The number of amides is 1. The normalized spacial score (nSPS) is 20.8. The van der Waals surface area contributed by atoms with Gasteiger partial charge in [0.1, 0.15) is 11.4 Å². The molecule has 4 rings (SSSR count). The maximum atomic E-state index is 13.5. The van der Waals surface area contributed by atoms with Crippen LogP contribution in [0, 0.1) is 12.8 Å². The summed E-state index contributed by atoms with van der Waals surface area (Å²) in [6.07, 6.45) is 8.73. The van der Waals surface area contributed by atoms with Gasteiger partial charge in [-0.1, -0.05) is 19.3 Å². The summed E-state index contributed by atoms with van der Waals surface area (Å²) in [5.74, 6) is 1.92. The molecular weight excluding hydrogens is 374 g/mol. The lowest BCUT2D eigenvalue weighted by atomic mass is 9.83. The molecule has 0 radical (unpaired) electrons. The summed E-state index contributed by atoms with van der Waals surface area (Å²) < 4.78 is 10.7. The summed E-state index contributed by atoms with van der Waals surface area (Å²) in [5.41, 5.74) is 0.931. The minimum atomic E-state index is 0.156. The molecule has 6 nitrogen and oxygen atoms in total. The van der Waals surface area contributed by atoms with E-state index >= 15 is 0 Å². The molecule has 28 heavy (non-hydrogen) atoms. The van der Waals surface area contributed by atoms with Gasteiger partial charge in [-0.2, -0.15) is 4.98 Å². The van der Waals surface area contributed by atoms with E-state index in [0.29, 0.717) is 30.3 Å². The summed E-state index contributed by atoms with van der Waals surface area (Å²) in [6, 6.07) is 0.398. The number of thiophene rings is 1. The largest absolute Gasteiger partial charge is 0.480 e. The van der Waals surface area contributed by atoms with Crippen molar-refractivity contribution in [3.63, 3.8) is 0 Å². The number of hydrogen-bond donors (Lipinski definition) is 0. The van der Waals surface area contributed by atoms with Crippen molar-refractivity contribution in [2.24, 2.45) is 5.92 Å². The van der Waals surface area contributed by atoms with Crippen molar-refractivity contribution >= 4 is 27.5 Å². The fraction of sp³-hybridized carbons (Fsp3) is 0.667. The van der Waals surface area contributed by atoms with Gasteiger partial charge in [0, 0.05) is 19.7 Å². The third kappa shape index (κ3) is 3.50. The Balaban J connectivity index is 1.67. The minimum absolute atomic E-state index is 0.156. The zero-order chi connectivity index (χ0) is 19.7. The van der Waals surface area contributed by atoms with Gasteiger partial charge >= 0.3 is 0 Å². The van der Waals surface area contributed by atoms with E-state index in [-0.39, 0.29) is 5.91 Å². The van der Waals surface area contributed by atoms with Crippen LogP contribution in [0.1, 0.15) is 66.0 Å². The molecule has 1 atom stereocenters. The molecular formula is C21H29N3O3S. The van der Waals surface area contributed by atoms with Crippen molar-refractivity contribution in [3.05, 3.63) is 16.3 Å². The Bertz CT molecular complexity index is 860. The van der Waals surface area contributed by atoms with Crippen LogP contribution >= 0.6 is 11.3 Å². The molecule has 152 valence electrons. The molecule has 1 saturated carbocycles. The van der Waals surface area contributed by atoms with E-state index in [0.717, 1.165) is 40.0 Å². The molecule has 0 unspecified atom stereocenters. The third-order valence-corrected chi connectivity index (χ3v) is 7.39. The molecule has 1 aliphatic heterocycles. The third-order valence-electron chi connectivity index (χ3n) is 6.22. The molecule has 0 N–H and O–H groups in total. The topological polar surface area (TPSA) is 64.6 Å². The average Bonchev–Trinajstić information content (AvgIpc) is 3.33. The zero-order valence-electron chi connectivity index (χ0n) is 17.0. The van der Waals surface area contributed by atoms with E-state index < -0.39 is 0 Å². The number of ether oxygens (including phenoxy) is 2. The lowest BCUT2D eigenvalue weighted by Gasteiger charge is -2.34. The lowest BCUT2D eigenvalue weighted by Crippen LogP contribution is -2.40. The van der Waals surface area contributed by atoms with Gasteiger partial charge in [0.05, 0.1) is 17.4 Å². The first kappa shape index (κ1) is 19.6. The average molecular weight is 404 g/mol. The maximum Gasteiger partial charge on any atom is 0.264 e. The number of fused-ring (bicyclic) bond motifs is 1. The maximum absolute atomic E-state index is 13.5. The zero-order valence-corrected chi connectivity index (χ0v) is 17.8. The number of aromatic nitrogens is 2. The Morgan fingerprint density at radius 1 is 1.14 bits per heavy atom. The van der Waals surface area contributed by atoms with Crippen LogP contribution in [0.4, 0.5) is 0 Å². The molecule has 0 bridgehead atoms. The first-order valence-electron chi connectivity index (χ1n) is 10.3. The number of carbonyl (C=O) groups excluding carboxylic acids is 1. The second-order valence-corrected chi connectivity index (χ2v) is 8.92. The Hall–Kier alpha value is -1.73. The van der Waals surface area contributed by atoms with Gasteiger partial charge in [-0.25, -0.2) is 4.98 Å². The van der Waals surface area contributed by atoms with E-state index in [1.807, 2.05) is 6.92 Å². The Labute approximate surface area is 170 Å². The second kappa shape index (κ2) is 8.33. The van der Waals surface area contributed by atoms with E-state index in [9.17, 15) is 4.79 Å². The number of aryl methyl sites for hydroxylation is 1. The van der Waals surface area contributed by atoms with Gasteiger partial charge in [0.15, 0.2) is 5.82 Å². The number of rotatable bonds is 5. The molecule has 1 saturated heterocycles. The molecule has 2 aromatic rings. The van der Waals surface area contributed by atoms with E-state index in [2.05, 4.69) is 14.9 Å². The van der Waals surface area contributed by atoms with Crippen LogP contribution in [0.25, 0.3) is 10.2 Å². The van der Waals surface area contributed by atoms with Crippen molar-refractivity contribution in [1.29, 1.82) is 0 Å².